The molecule has 2 aromatic carbocycles. The summed E-state index contributed by atoms with van der Waals surface area (Å²) in [5.41, 5.74) is 2.69. The Balaban J connectivity index is 2.18. The maximum atomic E-state index is 8.83. The Morgan fingerprint density at radius 1 is 1.21 bits per heavy atom. The summed E-state index contributed by atoms with van der Waals surface area (Å²) in [6.45, 7) is 0.763. The lowest BCUT2D eigenvalue weighted by Gasteiger charge is -2.20. The van der Waals surface area contributed by atoms with E-state index in [9.17, 15) is 0 Å². The van der Waals surface area contributed by atoms with Gasteiger partial charge in [-0.1, -0.05) is 39.7 Å². The average Bonchev–Trinajstić information content (AvgIpc) is 2.41. The molecule has 0 radical (unpaired) electrons. The highest BCUT2D eigenvalue weighted by atomic mass is 79.9. The number of halogens is 2. The predicted octanol–water partition coefficient (Wildman–Crippen LogP) is 4.61. The summed E-state index contributed by atoms with van der Waals surface area (Å²) in [7, 11) is 1.98. The summed E-state index contributed by atoms with van der Waals surface area (Å²) < 4.78 is 1.07. The van der Waals surface area contributed by atoms with E-state index in [0.29, 0.717) is 10.6 Å². The van der Waals surface area contributed by atoms with E-state index in [-0.39, 0.29) is 0 Å². The average molecular weight is 336 g/mol. The van der Waals surface area contributed by atoms with E-state index in [4.69, 9.17) is 16.9 Å². The number of anilines is 1. The van der Waals surface area contributed by atoms with Gasteiger partial charge in [0.05, 0.1) is 22.3 Å². The Morgan fingerprint density at radius 2 is 1.89 bits per heavy atom. The maximum Gasteiger partial charge on any atom is 0.0992 e. The lowest BCUT2D eigenvalue weighted by molar-refractivity contribution is 0.923. The Hall–Kier alpha value is -1.50. The first kappa shape index (κ1) is 13.9. The highest BCUT2D eigenvalue weighted by Crippen LogP contribution is 2.27. The van der Waals surface area contributed by atoms with Crippen LogP contribution in [-0.2, 0) is 6.54 Å². The highest BCUT2D eigenvalue weighted by molar-refractivity contribution is 9.10. The number of hydrogen-bond donors (Lipinski definition) is 0. The molecular formula is C15H12BrClN2. The van der Waals surface area contributed by atoms with Crippen LogP contribution in [0.4, 0.5) is 5.69 Å². The SMILES string of the molecule is CN(Cc1ccc(Br)cc1)c1ccc(C#N)cc1Cl. The second-order valence-corrected chi connectivity index (χ2v) is 5.58. The fourth-order valence-electron chi connectivity index (χ4n) is 1.83. The Kier molecular flexibility index (Phi) is 4.47. The molecule has 0 saturated carbocycles. The van der Waals surface area contributed by atoms with Crippen molar-refractivity contribution >= 4 is 33.2 Å². The lowest BCUT2D eigenvalue weighted by atomic mass is 10.2. The van der Waals surface area contributed by atoms with Gasteiger partial charge in [-0.05, 0) is 35.9 Å². The molecule has 0 aliphatic carbocycles. The number of benzene rings is 2. The van der Waals surface area contributed by atoms with E-state index in [1.54, 1.807) is 12.1 Å². The Morgan fingerprint density at radius 3 is 2.47 bits per heavy atom. The fourth-order valence-corrected chi connectivity index (χ4v) is 2.42. The number of nitrogens with zero attached hydrogens (tertiary/aromatic N) is 2. The van der Waals surface area contributed by atoms with E-state index >= 15 is 0 Å². The third-order valence-corrected chi connectivity index (χ3v) is 3.65. The molecule has 0 aromatic heterocycles. The summed E-state index contributed by atoms with van der Waals surface area (Å²) in [5.74, 6) is 0. The fraction of sp³-hybridized carbons (Fsp3) is 0.133. The molecule has 0 spiro atoms. The normalized spacial score (nSPS) is 10.0. The van der Waals surface area contributed by atoms with Gasteiger partial charge in [-0.15, -0.1) is 0 Å². The summed E-state index contributed by atoms with van der Waals surface area (Å²) in [4.78, 5) is 2.06. The molecule has 2 rings (SSSR count). The molecule has 0 unspecified atom stereocenters. The van der Waals surface area contributed by atoms with Crippen molar-refractivity contribution in [1.29, 1.82) is 5.26 Å². The van der Waals surface area contributed by atoms with Crippen LogP contribution in [0.2, 0.25) is 5.02 Å². The molecule has 2 nitrogen and oxygen atoms in total. The minimum Gasteiger partial charge on any atom is -0.369 e. The van der Waals surface area contributed by atoms with Crippen molar-refractivity contribution in [2.45, 2.75) is 6.54 Å². The van der Waals surface area contributed by atoms with Crippen molar-refractivity contribution < 1.29 is 0 Å². The van der Waals surface area contributed by atoms with E-state index in [2.05, 4.69) is 39.0 Å². The van der Waals surface area contributed by atoms with Gasteiger partial charge >= 0.3 is 0 Å². The molecule has 0 saturated heterocycles. The first-order valence-electron chi connectivity index (χ1n) is 5.75. The van der Waals surface area contributed by atoms with Crippen molar-refractivity contribution in [3.63, 3.8) is 0 Å². The molecule has 0 fully saturated rings. The van der Waals surface area contributed by atoms with Crippen LogP contribution in [0, 0.1) is 11.3 Å². The van der Waals surface area contributed by atoms with E-state index in [1.165, 1.54) is 5.56 Å². The summed E-state index contributed by atoms with van der Waals surface area (Å²) in [6.07, 6.45) is 0. The molecule has 4 heteroatoms. The molecule has 0 atom stereocenters. The van der Waals surface area contributed by atoms with Gasteiger partial charge < -0.3 is 4.90 Å². The third kappa shape index (κ3) is 3.50. The molecule has 0 aliphatic rings. The number of nitriles is 1. The predicted molar refractivity (Wildman–Crippen MR) is 82.4 cm³/mol. The van der Waals surface area contributed by atoms with Crippen LogP contribution in [-0.4, -0.2) is 7.05 Å². The van der Waals surface area contributed by atoms with Crippen LogP contribution in [0.3, 0.4) is 0 Å². The van der Waals surface area contributed by atoms with Crippen LogP contribution in [0.1, 0.15) is 11.1 Å². The van der Waals surface area contributed by atoms with E-state index in [0.717, 1.165) is 16.7 Å². The Labute approximate surface area is 126 Å². The molecule has 0 heterocycles. The van der Waals surface area contributed by atoms with Gasteiger partial charge in [0.25, 0.3) is 0 Å². The van der Waals surface area contributed by atoms with Gasteiger partial charge in [-0.3, -0.25) is 0 Å². The molecule has 0 N–H and O–H groups in total. The second-order valence-electron chi connectivity index (χ2n) is 4.26. The molecule has 0 amide bonds. The van der Waals surface area contributed by atoms with Crippen molar-refractivity contribution in [3.8, 4) is 6.07 Å². The topological polar surface area (TPSA) is 27.0 Å². The molecule has 0 bridgehead atoms. The van der Waals surface area contributed by atoms with Gasteiger partial charge in [-0.25, -0.2) is 0 Å². The summed E-state index contributed by atoms with van der Waals surface area (Å²) in [6, 6.07) is 15.6. The summed E-state index contributed by atoms with van der Waals surface area (Å²) >= 11 is 9.61. The maximum absolute atomic E-state index is 8.83. The first-order chi connectivity index (χ1) is 9.10. The molecule has 96 valence electrons. The zero-order chi connectivity index (χ0) is 13.8. The Bertz CT molecular complexity index is 617. The van der Waals surface area contributed by atoms with E-state index < -0.39 is 0 Å². The van der Waals surface area contributed by atoms with Crippen LogP contribution in [0.25, 0.3) is 0 Å². The summed E-state index contributed by atoms with van der Waals surface area (Å²) in [5, 5.41) is 9.42. The van der Waals surface area contributed by atoms with Crippen molar-refractivity contribution in [2.24, 2.45) is 0 Å². The van der Waals surface area contributed by atoms with Gasteiger partial charge in [0, 0.05) is 18.1 Å². The van der Waals surface area contributed by atoms with Gasteiger partial charge in [0.2, 0.25) is 0 Å². The molecule has 0 aliphatic heterocycles. The van der Waals surface area contributed by atoms with Crippen LogP contribution in [0.15, 0.2) is 46.9 Å². The van der Waals surface area contributed by atoms with Gasteiger partial charge in [0.15, 0.2) is 0 Å². The minimum atomic E-state index is 0.575. The highest BCUT2D eigenvalue weighted by Gasteiger charge is 2.07. The largest absolute Gasteiger partial charge is 0.369 e. The smallest absolute Gasteiger partial charge is 0.0992 e. The lowest BCUT2D eigenvalue weighted by Crippen LogP contribution is -2.16. The second kappa shape index (κ2) is 6.10. The molecular weight excluding hydrogens is 324 g/mol. The van der Waals surface area contributed by atoms with Gasteiger partial charge in [0.1, 0.15) is 0 Å². The van der Waals surface area contributed by atoms with Crippen LogP contribution >= 0.6 is 27.5 Å². The molecule has 19 heavy (non-hydrogen) atoms. The van der Waals surface area contributed by atoms with Crippen LogP contribution in [0.5, 0.6) is 0 Å². The van der Waals surface area contributed by atoms with Crippen molar-refractivity contribution in [1.82, 2.24) is 0 Å². The molecule has 2 aromatic rings. The standard InChI is InChI=1S/C15H12BrClN2/c1-19(10-11-2-5-13(16)6-3-11)15-7-4-12(9-18)8-14(15)17/h2-8H,10H2,1H3. The van der Waals surface area contributed by atoms with Crippen molar-refractivity contribution in [2.75, 3.05) is 11.9 Å². The monoisotopic (exact) mass is 334 g/mol. The van der Waals surface area contributed by atoms with Gasteiger partial charge in [-0.2, -0.15) is 5.26 Å². The quantitative estimate of drug-likeness (QED) is 0.819. The third-order valence-electron chi connectivity index (χ3n) is 2.82. The zero-order valence-electron chi connectivity index (χ0n) is 10.4. The first-order valence-corrected chi connectivity index (χ1v) is 6.92. The van der Waals surface area contributed by atoms with Crippen LogP contribution < -0.4 is 4.90 Å². The number of hydrogen-bond acceptors (Lipinski definition) is 2. The number of rotatable bonds is 3. The van der Waals surface area contributed by atoms with E-state index in [1.807, 2.05) is 25.2 Å². The zero-order valence-corrected chi connectivity index (χ0v) is 12.7. The minimum absolute atomic E-state index is 0.575. The van der Waals surface area contributed by atoms with Crippen molar-refractivity contribution in [3.05, 3.63) is 63.1 Å².